The highest BCUT2D eigenvalue weighted by atomic mass is 19.1. The van der Waals surface area contributed by atoms with E-state index in [4.69, 9.17) is 4.74 Å². The predicted molar refractivity (Wildman–Crippen MR) is 148 cm³/mol. The number of urea groups is 1. The third kappa shape index (κ3) is 6.91. The SMILES string of the molecule is CCCN(CC(=O)N(CCc1c[nH]c2ccccc12)Cc1ccc(F)cc1)C(=O)Nc1ccc(OC)cc1. The van der Waals surface area contributed by atoms with Gasteiger partial charge in [-0.2, -0.15) is 0 Å². The van der Waals surface area contributed by atoms with Gasteiger partial charge in [0.2, 0.25) is 5.91 Å². The average molecular weight is 517 g/mol. The van der Waals surface area contributed by atoms with Crippen molar-refractivity contribution in [3.63, 3.8) is 0 Å². The Labute approximate surface area is 222 Å². The number of aromatic nitrogens is 1. The summed E-state index contributed by atoms with van der Waals surface area (Å²) >= 11 is 0. The third-order valence-electron chi connectivity index (χ3n) is 6.41. The average Bonchev–Trinajstić information content (AvgIpc) is 3.35. The zero-order valence-corrected chi connectivity index (χ0v) is 21.7. The Kier molecular flexibility index (Phi) is 8.98. The van der Waals surface area contributed by atoms with E-state index in [-0.39, 0.29) is 24.3 Å². The number of carbonyl (C=O) groups excluding carboxylic acids is 2. The van der Waals surface area contributed by atoms with Crippen molar-refractivity contribution in [1.29, 1.82) is 0 Å². The number of halogens is 1. The van der Waals surface area contributed by atoms with E-state index < -0.39 is 0 Å². The maximum Gasteiger partial charge on any atom is 0.322 e. The van der Waals surface area contributed by atoms with Crippen LogP contribution in [0.15, 0.2) is 79.0 Å². The molecule has 0 radical (unpaired) electrons. The van der Waals surface area contributed by atoms with Gasteiger partial charge in [0.05, 0.1) is 7.11 Å². The second-order valence-corrected chi connectivity index (χ2v) is 9.13. The van der Waals surface area contributed by atoms with Gasteiger partial charge in [-0.05, 0) is 66.4 Å². The highest BCUT2D eigenvalue weighted by molar-refractivity contribution is 5.92. The lowest BCUT2D eigenvalue weighted by Crippen LogP contribution is -2.45. The molecular formula is C30H33FN4O3. The van der Waals surface area contributed by atoms with Crippen molar-refractivity contribution in [2.24, 2.45) is 0 Å². The van der Waals surface area contributed by atoms with Crippen LogP contribution in [0, 0.1) is 5.82 Å². The van der Waals surface area contributed by atoms with Gasteiger partial charge in [0.15, 0.2) is 0 Å². The number of carbonyl (C=O) groups is 2. The van der Waals surface area contributed by atoms with E-state index in [1.165, 1.54) is 17.0 Å². The Morgan fingerprint density at radius 3 is 2.39 bits per heavy atom. The molecule has 0 saturated heterocycles. The van der Waals surface area contributed by atoms with E-state index in [1.807, 2.05) is 31.3 Å². The summed E-state index contributed by atoms with van der Waals surface area (Å²) in [7, 11) is 1.58. The maximum absolute atomic E-state index is 13.6. The lowest BCUT2D eigenvalue weighted by molar-refractivity contribution is -0.132. The van der Waals surface area contributed by atoms with Crippen LogP contribution in [0.25, 0.3) is 10.9 Å². The number of fused-ring (bicyclic) bond motifs is 1. The molecule has 0 atom stereocenters. The quantitative estimate of drug-likeness (QED) is 0.263. The maximum atomic E-state index is 13.6. The molecule has 7 nitrogen and oxygen atoms in total. The normalized spacial score (nSPS) is 10.8. The number of nitrogens with zero attached hydrogens (tertiary/aromatic N) is 2. The van der Waals surface area contributed by atoms with Crippen molar-refractivity contribution in [1.82, 2.24) is 14.8 Å². The standard InChI is InChI=1S/C30H33FN4O3/c1-3-17-35(30(37)33-25-12-14-26(38-2)15-13-25)21-29(36)34(20-22-8-10-24(31)11-9-22)18-16-23-19-32-28-7-5-4-6-27(23)28/h4-15,19,32H,3,16-18,20-21H2,1-2H3,(H,33,37). The van der Waals surface area contributed by atoms with Crippen molar-refractivity contribution in [3.05, 3.63) is 95.9 Å². The number of nitrogens with one attached hydrogen (secondary N) is 2. The fourth-order valence-electron chi connectivity index (χ4n) is 4.36. The van der Waals surface area contributed by atoms with E-state index in [9.17, 15) is 14.0 Å². The highest BCUT2D eigenvalue weighted by Crippen LogP contribution is 2.19. The van der Waals surface area contributed by atoms with E-state index in [1.54, 1.807) is 48.4 Å². The molecule has 0 fully saturated rings. The van der Waals surface area contributed by atoms with Gasteiger partial charge in [-0.25, -0.2) is 9.18 Å². The van der Waals surface area contributed by atoms with Gasteiger partial charge in [-0.15, -0.1) is 0 Å². The van der Waals surface area contributed by atoms with Crippen LogP contribution in [0.3, 0.4) is 0 Å². The summed E-state index contributed by atoms with van der Waals surface area (Å²) in [6.45, 7) is 3.11. The van der Waals surface area contributed by atoms with Gasteiger partial charge in [-0.3, -0.25) is 4.79 Å². The van der Waals surface area contributed by atoms with E-state index in [0.29, 0.717) is 43.9 Å². The highest BCUT2D eigenvalue weighted by Gasteiger charge is 2.22. The number of methoxy groups -OCH3 is 1. The molecule has 3 aromatic carbocycles. The lowest BCUT2D eigenvalue weighted by Gasteiger charge is -2.28. The predicted octanol–water partition coefficient (Wildman–Crippen LogP) is 5.83. The monoisotopic (exact) mass is 516 g/mol. The molecule has 1 aromatic heterocycles. The second kappa shape index (κ2) is 12.8. The Balaban J connectivity index is 1.48. The number of hydrogen-bond donors (Lipinski definition) is 2. The van der Waals surface area contributed by atoms with Crippen LogP contribution in [0.5, 0.6) is 5.75 Å². The molecule has 2 N–H and O–H groups in total. The molecule has 4 aromatic rings. The van der Waals surface area contributed by atoms with E-state index in [0.717, 1.165) is 22.0 Å². The molecule has 198 valence electrons. The minimum atomic E-state index is -0.344. The number of hydrogen-bond acceptors (Lipinski definition) is 3. The minimum absolute atomic E-state index is 0.0646. The topological polar surface area (TPSA) is 77.7 Å². The summed E-state index contributed by atoms with van der Waals surface area (Å²) in [6, 6.07) is 20.9. The number of anilines is 1. The van der Waals surface area contributed by atoms with Crippen LogP contribution in [-0.4, -0.2) is 53.5 Å². The Morgan fingerprint density at radius 1 is 0.947 bits per heavy atom. The number of rotatable bonds is 11. The molecule has 0 bridgehead atoms. The first-order valence-corrected chi connectivity index (χ1v) is 12.7. The van der Waals surface area contributed by atoms with Gasteiger partial charge >= 0.3 is 6.03 Å². The molecule has 38 heavy (non-hydrogen) atoms. The molecule has 0 aliphatic carbocycles. The van der Waals surface area contributed by atoms with Crippen molar-refractivity contribution in [2.75, 3.05) is 32.1 Å². The zero-order valence-electron chi connectivity index (χ0n) is 21.7. The number of H-pyrrole nitrogens is 1. The first-order chi connectivity index (χ1) is 18.5. The molecule has 0 spiro atoms. The lowest BCUT2D eigenvalue weighted by atomic mass is 10.1. The third-order valence-corrected chi connectivity index (χ3v) is 6.41. The van der Waals surface area contributed by atoms with Gasteiger partial charge in [-0.1, -0.05) is 37.3 Å². The number of para-hydroxylation sites is 1. The van der Waals surface area contributed by atoms with Crippen LogP contribution in [0.1, 0.15) is 24.5 Å². The number of benzene rings is 3. The first kappa shape index (κ1) is 26.7. The van der Waals surface area contributed by atoms with Crippen LogP contribution in [0.2, 0.25) is 0 Å². The molecular weight excluding hydrogens is 483 g/mol. The van der Waals surface area contributed by atoms with Gasteiger partial charge in [0.25, 0.3) is 0 Å². The summed E-state index contributed by atoms with van der Waals surface area (Å²) in [5.74, 6) is 0.192. The molecule has 0 unspecified atom stereocenters. The van der Waals surface area contributed by atoms with Gasteiger partial charge in [0, 0.05) is 42.4 Å². The Bertz CT molecular complexity index is 1350. The largest absolute Gasteiger partial charge is 0.497 e. The van der Waals surface area contributed by atoms with Crippen LogP contribution in [0.4, 0.5) is 14.9 Å². The molecule has 0 aliphatic heterocycles. The molecule has 0 saturated carbocycles. The van der Waals surface area contributed by atoms with E-state index >= 15 is 0 Å². The van der Waals surface area contributed by atoms with Crippen LogP contribution in [-0.2, 0) is 17.8 Å². The number of aromatic amines is 1. The Morgan fingerprint density at radius 2 is 1.68 bits per heavy atom. The van der Waals surface area contributed by atoms with Gasteiger partial charge < -0.3 is 24.8 Å². The summed E-state index contributed by atoms with van der Waals surface area (Å²) in [6.07, 6.45) is 3.32. The van der Waals surface area contributed by atoms with Crippen molar-refractivity contribution in [2.45, 2.75) is 26.3 Å². The molecule has 0 aliphatic rings. The molecule has 3 amide bonds. The van der Waals surface area contributed by atoms with Gasteiger partial charge in [0.1, 0.15) is 18.1 Å². The van der Waals surface area contributed by atoms with Crippen molar-refractivity contribution < 1.29 is 18.7 Å². The summed E-state index contributed by atoms with van der Waals surface area (Å²) < 4.78 is 18.7. The molecule has 1 heterocycles. The van der Waals surface area contributed by atoms with Crippen molar-refractivity contribution in [3.8, 4) is 5.75 Å². The number of ether oxygens (including phenoxy) is 1. The summed E-state index contributed by atoms with van der Waals surface area (Å²) in [4.78, 5) is 33.2. The van der Waals surface area contributed by atoms with Crippen LogP contribution >= 0.6 is 0 Å². The number of amides is 3. The summed E-state index contributed by atoms with van der Waals surface area (Å²) in [5, 5.41) is 3.99. The van der Waals surface area contributed by atoms with Crippen LogP contribution < -0.4 is 10.1 Å². The van der Waals surface area contributed by atoms with Crippen molar-refractivity contribution >= 4 is 28.5 Å². The fraction of sp³-hybridized carbons (Fsp3) is 0.267. The first-order valence-electron chi connectivity index (χ1n) is 12.7. The summed E-state index contributed by atoms with van der Waals surface area (Å²) in [5.41, 5.74) is 3.60. The molecule has 4 rings (SSSR count). The zero-order chi connectivity index (χ0) is 26.9. The second-order valence-electron chi connectivity index (χ2n) is 9.13. The Hall–Kier alpha value is -4.33. The minimum Gasteiger partial charge on any atom is -0.497 e. The molecule has 8 heteroatoms. The van der Waals surface area contributed by atoms with E-state index in [2.05, 4.69) is 16.4 Å². The smallest absolute Gasteiger partial charge is 0.322 e. The fourth-order valence-corrected chi connectivity index (χ4v) is 4.36.